The molecule has 0 radical (unpaired) electrons. The van der Waals surface area contributed by atoms with Gasteiger partial charge >= 0.3 is 0 Å². The fourth-order valence-electron chi connectivity index (χ4n) is 1.82. The molecular weight excluding hydrogens is 316 g/mol. The largest absolute Gasteiger partial charge is 0.294 e. The van der Waals surface area contributed by atoms with Crippen LogP contribution in [0, 0.1) is 6.92 Å². The molecule has 0 aliphatic carbocycles. The Labute approximate surface area is 119 Å². The zero-order chi connectivity index (χ0) is 13.3. The number of Topliss-reactive ketones (excluding diaryl/α,β-unsaturated/α-hetero) is 1. The van der Waals surface area contributed by atoms with Gasteiger partial charge in [-0.05, 0) is 13.0 Å². The number of benzene rings is 1. The zero-order valence-corrected chi connectivity index (χ0v) is 12.4. The lowest BCUT2D eigenvalue weighted by Crippen LogP contribution is -2.05. The van der Waals surface area contributed by atoms with Crippen LogP contribution >= 0.6 is 27.5 Å². The van der Waals surface area contributed by atoms with Crippen LogP contribution < -0.4 is 0 Å². The minimum Gasteiger partial charge on any atom is -0.294 e. The standard InChI is InChI=1S/C13H12BrClN2O/c1-8-10(13(15)17(2)16-8)7-12(18)9-5-3-4-6-11(9)14/h3-6H,7H2,1-2H3. The first kappa shape index (κ1) is 13.3. The van der Waals surface area contributed by atoms with Crippen molar-refractivity contribution in [1.82, 2.24) is 9.78 Å². The first-order valence-corrected chi connectivity index (χ1v) is 6.63. The second-order valence-corrected chi connectivity index (χ2v) is 5.27. The van der Waals surface area contributed by atoms with Crippen molar-refractivity contribution in [3.05, 3.63) is 50.7 Å². The molecule has 0 atom stereocenters. The van der Waals surface area contributed by atoms with Gasteiger partial charge in [0.1, 0.15) is 5.15 Å². The molecule has 2 rings (SSSR count). The summed E-state index contributed by atoms with van der Waals surface area (Å²) in [6, 6.07) is 7.37. The normalized spacial score (nSPS) is 10.7. The maximum atomic E-state index is 12.2. The van der Waals surface area contributed by atoms with Crippen LogP contribution in [0.4, 0.5) is 0 Å². The molecule has 1 aromatic carbocycles. The van der Waals surface area contributed by atoms with Crippen LogP contribution in [0.25, 0.3) is 0 Å². The Morgan fingerprint density at radius 3 is 2.67 bits per heavy atom. The monoisotopic (exact) mass is 326 g/mol. The minimum absolute atomic E-state index is 0.0282. The maximum absolute atomic E-state index is 12.2. The predicted molar refractivity (Wildman–Crippen MR) is 75.1 cm³/mol. The second-order valence-electron chi connectivity index (χ2n) is 4.06. The highest BCUT2D eigenvalue weighted by atomic mass is 79.9. The Bertz CT molecular complexity index is 607. The molecule has 0 N–H and O–H groups in total. The number of ketones is 1. The summed E-state index contributed by atoms with van der Waals surface area (Å²) in [5, 5.41) is 4.72. The van der Waals surface area contributed by atoms with E-state index in [0.717, 1.165) is 15.7 Å². The van der Waals surface area contributed by atoms with Gasteiger partial charge in [0.15, 0.2) is 5.78 Å². The molecule has 1 aromatic heterocycles. The molecule has 0 bridgehead atoms. The highest BCUT2D eigenvalue weighted by Crippen LogP contribution is 2.23. The maximum Gasteiger partial charge on any atom is 0.168 e. The lowest BCUT2D eigenvalue weighted by atomic mass is 10.0. The van der Waals surface area contributed by atoms with Gasteiger partial charge in [0.2, 0.25) is 0 Å². The second kappa shape index (κ2) is 5.24. The van der Waals surface area contributed by atoms with Gasteiger partial charge in [-0.25, -0.2) is 0 Å². The minimum atomic E-state index is 0.0282. The highest BCUT2D eigenvalue weighted by molar-refractivity contribution is 9.10. The average molecular weight is 328 g/mol. The first-order chi connectivity index (χ1) is 8.50. The number of aromatic nitrogens is 2. The molecule has 0 fully saturated rings. The summed E-state index contributed by atoms with van der Waals surface area (Å²) < 4.78 is 2.38. The van der Waals surface area contributed by atoms with E-state index >= 15 is 0 Å². The van der Waals surface area contributed by atoms with Gasteiger partial charge in [-0.3, -0.25) is 9.48 Å². The van der Waals surface area contributed by atoms with Crippen LogP contribution in [-0.4, -0.2) is 15.6 Å². The van der Waals surface area contributed by atoms with Crippen molar-refractivity contribution in [2.24, 2.45) is 7.05 Å². The Morgan fingerprint density at radius 1 is 1.44 bits per heavy atom. The number of hydrogen-bond donors (Lipinski definition) is 0. The van der Waals surface area contributed by atoms with Crippen molar-refractivity contribution in [1.29, 1.82) is 0 Å². The third kappa shape index (κ3) is 2.49. The van der Waals surface area contributed by atoms with Gasteiger partial charge in [0.05, 0.1) is 5.69 Å². The summed E-state index contributed by atoms with van der Waals surface area (Å²) in [5.41, 5.74) is 2.25. The van der Waals surface area contributed by atoms with Crippen molar-refractivity contribution in [2.45, 2.75) is 13.3 Å². The molecule has 0 spiro atoms. The summed E-state index contributed by atoms with van der Waals surface area (Å²) in [5.74, 6) is 0.0282. The fourth-order valence-corrected chi connectivity index (χ4v) is 2.57. The van der Waals surface area contributed by atoms with E-state index in [1.54, 1.807) is 17.8 Å². The van der Waals surface area contributed by atoms with Crippen LogP contribution in [0.3, 0.4) is 0 Å². The number of rotatable bonds is 3. The Balaban J connectivity index is 2.30. The van der Waals surface area contributed by atoms with Crippen molar-refractivity contribution in [3.8, 4) is 0 Å². The van der Waals surface area contributed by atoms with Crippen LogP contribution in [-0.2, 0) is 13.5 Å². The molecular formula is C13H12BrClN2O. The van der Waals surface area contributed by atoms with Crippen LogP contribution in [0.5, 0.6) is 0 Å². The molecule has 3 nitrogen and oxygen atoms in total. The van der Waals surface area contributed by atoms with E-state index in [2.05, 4.69) is 21.0 Å². The number of aryl methyl sites for hydroxylation is 2. The summed E-state index contributed by atoms with van der Waals surface area (Å²) in [4.78, 5) is 12.2. The van der Waals surface area contributed by atoms with Crippen LogP contribution in [0.15, 0.2) is 28.7 Å². The first-order valence-electron chi connectivity index (χ1n) is 5.46. The van der Waals surface area contributed by atoms with E-state index in [0.29, 0.717) is 10.7 Å². The number of halogens is 2. The molecule has 18 heavy (non-hydrogen) atoms. The van der Waals surface area contributed by atoms with Gasteiger partial charge in [-0.1, -0.05) is 45.7 Å². The van der Waals surface area contributed by atoms with Gasteiger partial charge in [-0.2, -0.15) is 5.10 Å². The zero-order valence-electron chi connectivity index (χ0n) is 10.1. The summed E-state index contributed by atoms with van der Waals surface area (Å²) in [6.45, 7) is 1.86. The molecule has 94 valence electrons. The summed E-state index contributed by atoms with van der Waals surface area (Å²) in [7, 11) is 1.77. The van der Waals surface area contributed by atoms with Gasteiger partial charge in [0.25, 0.3) is 0 Å². The summed E-state index contributed by atoms with van der Waals surface area (Å²) >= 11 is 9.50. The highest BCUT2D eigenvalue weighted by Gasteiger charge is 2.17. The van der Waals surface area contributed by atoms with Gasteiger partial charge in [0, 0.05) is 29.1 Å². The topological polar surface area (TPSA) is 34.9 Å². The molecule has 0 saturated carbocycles. The third-order valence-corrected chi connectivity index (χ3v) is 3.95. The SMILES string of the molecule is Cc1nn(C)c(Cl)c1CC(=O)c1ccccc1Br. The Kier molecular flexibility index (Phi) is 3.88. The quantitative estimate of drug-likeness (QED) is 0.808. The van der Waals surface area contributed by atoms with E-state index in [4.69, 9.17) is 11.6 Å². The Morgan fingerprint density at radius 2 is 2.11 bits per heavy atom. The van der Waals surface area contributed by atoms with E-state index < -0.39 is 0 Å². The number of nitrogens with zero attached hydrogens (tertiary/aromatic N) is 2. The lowest BCUT2D eigenvalue weighted by molar-refractivity contribution is 0.0992. The van der Waals surface area contributed by atoms with E-state index in [1.165, 1.54) is 0 Å². The lowest BCUT2D eigenvalue weighted by Gasteiger charge is -2.03. The number of hydrogen-bond acceptors (Lipinski definition) is 2. The van der Waals surface area contributed by atoms with Crippen molar-refractivity contribution >= 4 is 33.3 Å². The Hall–Kier alpha value is -1.13. The van der Waals surface area contributed by atoms with Gasteiger partial charge < -0.3 is 0 Å². The van der Waals surface area contributed by atoms with E-state index in [1.807, 2.05) is 25.1 Å². The van der Waals surface area contributed by atoms with Crippen LogP contribution in [0.2, 0.25) is 5.15 Å². The fraction of sp³-hybridized carbons (Fsp3) is 0.231. The molecule has 0 saturated heterocycles. The van der Waals surface area contributed by atoms with Crippen molar-refractivity contribution in [2.75, 3.05) is 0 Å². The molecule has 2 aromatic rings. The van der Waals surface area contributed by atoms with Crippen LogP contribution in [0.1, 0.15) is 21.6 Å². The molecule has 0 aliphatic heterocycles. The van der Waals surface area contributed by atoms with E-state index in [9.17, 15) is 4.79 Å². The molecule has 0 amide bonds. The predicted octanol–water partition coefficient (Wildman–Crippen LogP) is 3.57. The average Bonchev–Trinajstić information content (AvgIpc) is 2.56. The van der Waals surface area contributed by atoms with Crippen molar-refractivity contribution < 1.29 is 4.79 Å². The number of carbonyl (C=O) groups excluding carboxylic acids is 1. The van der Waals surface area contributed by atoms with Gasteiger partial charge in [-0.15, -0.1) is 0 Å². The molecule has 0 aliphatic rings. The van der Waals surface area contributed by atoms with E-state index in [-0.39, 0.29) is 12.2 Å². The number of carbonyl (C=O) groups is 1. The smallest absolute Gasteiger partial charge is 0.168 e. The molecule has 1 heterocycles. The summed E-state index contributed by atoms with van der Waals surface area (Å²) in [6.07, 6.45) is 0.265. The third-order valence-electron chi connectivity index (χ3n) is 2.78. The molecule has 5 heteroatoms. The van der Waals surface area contributed by atoms with Crippen molar-refractivity contribution in [3.63, 3.8) is 0 Å². The molecule has 0 unspecified atom stereocenters.